The molecule has 0 amide bonds. The lowest BCUT2D eigenvalue weighted by atomic mass is 9.96. The van der Waals surface area contributed by atoms with E-state index in [1.807, 2.05) is 18.5 Å². The summed E-state index contributed by atoms with van der Waals surface area (Å²) in [4.78, 5) is 4.09. The molecule has 0 aliphatic heterocycles. The second-order valence-electron chi connectivity index (χ2n) is 3.09. The molecule has 0 aliphatic rings. The summed E-state index contributed by atoms with van der Waals surface area (Å²) in [7, 11) is 7.36. The van der Waals surface area contributed by atoms with Crippen LogP contribution in [0.15, 0.2) is 12.1 Å². The summed E-state index contributed by atoms with van der Waals surface area (Å²) in [6.45, 7) is 1.83. The van der Waals surface area contributed by atoms with Gasteiger partial charge in [0, 0.05) is 7.05 Å². The standard InChI is InChI=1S/C9H8BFN2/c1-5-12-9-7(11)3-6(10)4-8(9)13(5)2/h3-4H,1-2H3. The molecule has 0 saturated carbocycles. The zero-order chi connectivity index (χ0) is 9.59. The molecule has 2 aromatic rings. The number of fused-ring (bicyclic) bond motifs is 1. The third-order valence-corrected chi connectivity index (χ3v) is 2.19. The van der Waals surface area contributed by atoms with Crippen molar-refractivity contribution in [3.05, 3.63) is 23.8 Å². The van der Waals surface area contributed by atoms with Crippen LogP contribution in [0, 0.1) is 12.7 Å². The van der Waals surface area contributed by atoms with Crippen LogP contribution in [0.2, 0.25) is 0 Å². The van der Waals surface area contributed by atoms with E-state index in [0.29, 0.717) is 11.0 Å². The molecule has 0 fully saturated rings. The minimum Gasteiger partial charge on any atom is -0.331 e. The first-order valence-electron chi connectivity index (χ1n) is 3.97. The lowest BCUT2D eigenvalue weighted by molar-refractivity contribution is 0.638. The maximum absolute atomic E-state index is 13.3. The van der Waals surface area contributed by atoms with Gasteiger partial charge in [0.2, 0.25) is 0 Å². The Morgan fingerprint density at radius 2 is 2.15 bits per heavy atom. The Labute approximate surface area is 76.8 Å². The fourth-order valence-corrected chi connectivity index (χ4v) is 1.38. The van der Waals surface area contributed by atoms with Crippen LogP contribution in [0.1, 0.15) is 5.82 Å². The maximum atomic E-state index is 13.3. The Bertz CT molecular complexity index is 476. The molecule has 0 atom stereocenters. The van der Waals surface area contributed by atoms with E-state index in [4.69, 9.17) is 7.85 Å². The van der Waals surface area contributed by atoms with Gasteiger partial charge in [-0.3, -0.25) is 0 Å². The number of hydrogen-bond donors (Lipinski definition) is 0. The van der Waals surface area contributed by atoms with Crippen molar-refractivity contribution in [2.75, 3.05) is 0 Å². The Morgan fingerprint density at radius 1 is 1.46 bits per heavy atom. The van der Waals surface area contributed by atoms with Crippen LogP contribution in [0.4, 0.5) is 4.39 Å². The molecule has 0 unspecified atom stereocenters. The lowest BCUT2D eigenvalue weighted by Crippen LogP contribution is -2.03. The molecule has 1 aromatic heterocycles. The van der Waals surface area contributed by atoms with Crippen molar-refractivity contribution < 1.29 is 4.39 Å². The summed E-state index contributed by atoms with van der Waals surface area (Å²) in [5.74, 6) is 0.415. The molecule has 2 nitrogen and oxygen atoms in total. The molecular weight excluding hydrogens is 166 g/mol. The normalized spacial score (nSPS) is 11.0. The van der Waals surface area contributed by atoms with Gasteiger partial charge in [0.05, 0.1) is 5.52 Å². The van der Waals surface area contributed by atoms with Crippen LogP contribution >= 0.6 is 0 Å². The lowest BCUT2D eigenvalue weighted by Gasteiger charge is -1.98. The van der Waals surface area contributed by atoms with Crippen LogP contribution in [0.5, 0.6) is 0 Å². The molecule has 0 N–H and O–H groups in total. The number of imidazole rings is 1. The van der Waals surface area contributed by atoms with E-state index in [1.54, 1.807) is 6.07 Å². The molecular formula is C9H8BFN2. The number of rotatable bonds is 0. The second kappa shape index (κ2) is 2.59. The fourth-order valence-electron chi connectivity index (χ4n) is 1.38. The molecule has 1 aromatic carbocycles. The highest BCUT2D eigenvalue weighted by Crippen LogP contribution is 2.15. The van der Waals surface area contributed by atoms with Crippen LogP contribution < -0.4 is 5.46 Å². The largest absolute Gasteiger partial charge is 0.331 e. The van der Waals surface area contributed by atoms with Crippen molar-refractivity contribution in [3.63, 3.8) is 0 Å². The first kappa shape index (κ1) is 8.29. The minimum absolute atomic E-state index is 0.362. The molecule has 64 valence electrons. The predicted molar refractivity (Wildman–Crippen MR) is 50.8 cm³/mol. The van der Waals surface area contributed by atoms with Gasteiger partial charge in [0.25, 0.3) is 0 Å². The quantitative estimate of drug-likeness (QED) is 0.540. The summed E-state index contributed by atoms with van der Waals surface area (Å²) in [5, 5.41) is 0. The first-order chi connectivity index (χ1) is 6.09. The van der Waals surface area contributed by atoms with E-state index in [9.17, 15) is 4.39 Å². The highest BCUT2D eigenvalue weighted by atomic mass is 19.1. The van der Waals surface area contributed by atoms with Crippen molar-refractivity contribution in [1.82, 2.24) is 9.55 Å². The zero-order valence-corrected chi connectivity index (χ0v) is 7.50. The van der Waals surface area contributed by atoms with Crippen molar-refractivity contribution in [1.29, 1.82) is 0 Å². The van der Waals surface area contributed by atoms with Crippen LogP contribution in [0.25, 0.3) is 11.0 Å². The third kappa shape index (κ3) is 1.13. The average molecular weight is 174 g/mol. The number of benzene rings is 1. The van der Waals surface area contributed by atoms with Gasteiger partial charge >= 0.3 is 0 Å². The second-order valence-corrected chi connectivity index (χ2v) is 3.09. The molecule has 1 heterocycles. The molecule has 2 rings (SSSR count). The third-order valence-electron chi connectivity index (χ3n) is 2.19. The Balaban J connectivity index is 2.94. The summed E-state index contributed by atoms with van der Waals surface area (Å²) >= 11 is 0. The minimum atomic E-state index is -0.362. The number of aryl methyl sites for hydroxylation is 2. The van der Waals surface area contributed by atoms with Crippen molar-refractivity contribution in [3.8, 4) is 0 Å². The number of nitrogens with zero attached hydrogens (tertiary/aromatic N) is 2. The van der Waals surface area contributed by atoms with Gasteiger partial charge in [-0.25, -0.2) is 9.37 Å². The number of aromatic nitrogens is 2. The van der Waals surface area contributed by atoms with Crippen LogP contribution in [-0.2, 0) is 7.05 Å². The predicted octanol–water partition coefficient (Wildman–Crippen LogP) is 0.815. The SMILES string of the molecule is [B]c1cc(F)c2nc(C)n(C)c2c1. The summed E-state index contributed by atoms with van der Waals surface area (Å²) < 4.78 is 15.1. The van der Waals surface area contributed by atoms with Gasteiger partial charge in [-0.1, -0.05) is 5.46 Å². The molecule has 4 heteroatoms. The van der Waals surface area contributed by atoms with Crippen LogP contribution in [0.3, 0.4) is 0 Å². The van der Waals surface area contributed by atoms with Gasteiger partial charge in [-0.15, -0.1) is 0 Å². The molecule has 2 radical (unpaired) electrons. The fraction of sp³-hybridized carbons (Fsp3) is 0.222. The molecule has 0 bridgehead atoms. The summed E-state index contributed by atoms with van der Waals surface area (Å²) in [6.07, 6.45) is 0. The smallest absolute Gasteiger partial charge is 0.150 e. The Hall–Kier alpha value is -1.32. The van der Waals surface area contributed by atoms with Gasteiger partial charge in [-0.2, -0.15) is 0 Å². The monoisotopic (exact) mass is 174 g/mol. The van der Waals surface area contributed by atoms with Crippen LogP contribution in [-0.4, -0.2) is 17.4 Å². The zero-order valence-electron chi connectivity index (χ0n) is 7.50. The highest BCUT2D eigenvalue weighted by molar-refractivity contribution is 6.33. The van der Waals surface area contributed by atoms with E-state index in [0.717, 1.165) is 11.3 Å². The number of halogens is 1. The molecule has 0 spiro atoms. The summed E-state index contributed by atoms with van der Waals surface area (Å²) in [6, 6.07) is 3.01. The topological polar surface area (TPSA) is 17.8 Å². The van der Waals surface area contributed by atoms with E-state index in [-0.39, 0.29) is 5.82 Å². The van der Waals surface area contributed by atoms with Crippen molar-refractivity contribution in [2.45, 2.75) is 6.92 Å². The van der Waals surface area contributed by atoms with E-state index in [2.05, 4.69) is 4.98 Å². The van der Waals surface area contributed by atoms with Gasteiger partial charge in [0.1, 0.15) is 25.0 Å². The molecule has 0 saturated heterocycles. The number of hydrogen-bond acceptors (Lipinski definition) is 1. The van der Waals surface area contributed by atoms with Gasteiger partial charge in [-0.05, 0) is 19.1 Å². The maximum Gasteiger partial charge on any atom is 0.150 e. The summed E-state index contributed by atoms with van der Waals surface area (Å²) in [5.41, 5.74) is 1.54. The molecule has 0 aliphatic carbocycles. The van der Waals surface area contributed by atoms with Gasteiger partial charge in [0.15, 0.2) is 0 Å². The first-order valence-corrected chi connectivity index (χ1v) is 3.97. The van der Waals surface area contributed by atoms with Crippen molar-refractivity contribution >= 4 is 24.3 Å². The van der Waals surface area contributed by atoms with E-state index in [1.165, 1.54) is 6.07 Å². The average Bonchev–Trinajstić information content (AvgIpc) is 2.32. The van der Waals surface area contributed by atoms with Crippen molar-refractivity contribution in [2.24, 2.45) is 7.05 Å². The van der Waals surface area contributed by atoms with E-state index >= 15 is 0 Å². The Kier molecular flexibility index (Phi) is 1.65. The Morgan fingerprint density at radius 3 is 2.85 bits per heavy atom. The highest BCUT2D eigenvalue weighted by Gasteiger charge is 2.08. The van der Waals surface area contributed by atoms with Gasteiger partial charge < -0.3 is 4.57 Å². The molecule has 13 heavy (non-hydrogen) atoms. The van der Waals surface area contributed by atoms with E-state index < -0.39 is 0 Å².